The van der Waals surface area contributed by atoms with E-state index in [1.807, 2.05) is 0 Å². The van der Waals surface area contributed by atoms with Gasteiger partial charge in [-0.2, -0.15) is 0 Å². The molecule has 0 N–H and O–H groups in total. The van der Waals surface area contributed by atoms with E-state index in [1.54, 1.807) is 0 Å². The van der Waals surface area contributed by atoms with Crippen LogP contribution >= 0.6 is 0 Å². The van der Waals surface area contributed by atoms with E-state index in [4.69, 9.17) is 4.99 Å². The van der Waals surface area contributed by atoms with Crippen LogP contribution in [-0.2, 0) is 0 Å². The van der Waals surface area contributed by atoms with Crippen molar-refractivity contribution in [1.82, 2.24) is 0 Å². The van der Waals surface area contributed by atoms with Crippen LogP contribution in [0.15, 0.2) is 16.3 Å². The van der Waals surface area contributed by atoms with Crippen molar-refractivity contribution in [3.05, 3.63) is 11.3 Å². The first kappa shape index (κ1) is 16.4. The first-order valence-electron chi connectivity index (χ1n) is 7.38. The Balaban J connectivity index is 4.26. The van der Waals surface area contributed by atoms with Gasteiger partial charge in [-0.25, -0.2) is 0 Å². The third-order valence-corrected chi connectivity index (χ3v) is 3.30. The lowest BCUT2D eigenvalue weighted by Crippen LogP contribution is -1.96. The molecular weight excluding hydrogens is 206 g/mol. The largest absolute Gasteiger partial charge is 0.263 e. The van der Waals surface area contributed by atoms with Crippen molar-refractivity contribution in [3.8, 4) is 0 Å². The second-order valence-corrected chi connectivity index (χ2v) is 4.96. The van der Waals surface area contributed by atoms with Gasteiger partial charge < -0.3 is 0 Å². The van der Waals surface area contributed by atoms with Crippen LogP contribution in [-0.4, -0.2) is 5.71 Å². The van der Waals surface area contributed by atoms with Crippen molar-refractivity contribution in [2.45, 2.75) is 86.0 Å². The molecule has 0 unspecified atom stereocenters. The van der Waals surface area contributed by atoms with E-state index >= 15 is 0 Å². The summed E-state index contributed by atoms with van der Waals surface area (Å²) < 4.78 is 0. The second kappa shape index (κ2) is 10.6. The van der Waals surface area contributed by atoms with Crippen molar-refractivity contribution in [2.24, 2.45) is 4.99 Å². The van der Waals surface area contributed by atoms with E-state index in [0.29, 0.717) is 0 Å². The Hall–Kier alpha value is -0.590. The molecule has 0 saturated carbocycles. The Morgan fingerprint density at radius 3 is 2.06 bits per heavy atom. The van der Waals surface area contributed by atoms with Gasteiger partial charge in [0.05, 0.1) is 0 Å². The molecule has 0 aliphatic carbocycles. The average molecular weight is 237 g/mol. The fourth-order valence-electron chi connectivity index (χ4n) is 1.93. The minimum atomic E-state index is 1.09. The second-order valence-electron chi connectivity index (χ2n) is 4.96. The summed E-state index contributed by atoms with van der Waals surface area (Å²) in [7, 11) is 0. The van der Waals surface area contributed by atoms with Crippen LogP contribution in [0.3, 0.4) is 0 Å². The maximum Gasteiger partial charge on any atom is 0.0361 e. The van der Waals surface area contributed by atoms with Crippen molar-refractivity contribution in [2.75, 3.05) is 0 Å². The summed E-state index contributed by atoms with van der Waals surface area (Å²) in [5.74, 6) is 0. The number of unbranched alkanes of at least 4 members (excludes halogenated alkanes) is 3. The molecule has 0 radical (unpaired) electrons. The van der Waals surface area contributed by atoms with Gasteiger partial charge in [-0.05, 0) is 39.5 Å². The van der Waals surface area contributed by atoms with Crippen LogP contribution in [0.5, 0.6) is 0 Å². The molecule has 0 heterocycles. The predicted molar refractivity (Wildman–Crippen MR) is 79.8 cm³/mol. The summed E-state index contributed by atoms with van der Waals surface area (Å²) in [4.78, 5) is 4.78. The number of hydrogen-bond acceptors (Lipinski definition) is 1. The number of allylic oxidation sites excluding steroid dienone is 2. The summed E-state index contributed by atoms with van der Waals surface area (Å²) in [5.41, 5.74) is 4.09. The Bertz CT molecular complexity index is 248. The van der Waals surface area contributed by atoms with Crippen LogP contribution in [0.2, 0.25) is 0 Å². The highest BCUT2D eigenvalue weighted by molar-refractivity contribution is 5.85. The topological polar surface area (TPSA) is 12.4 Å². The molecular formula is C16H31N. The van der Waals surface area contributed by atoms with Gasteiger partial charge in [0.25, 0.3) is 0 Å². The fourth-order valence-corrected chi connectivity index (χ4v) is 1.93. The van der Waals surface area contributed by atoms with Gasteiger partial charge in [0.1, 0.15) is 0 Å². The molecule has 0 amide bonds. The summed E-state index contributed by atoms with van der Waals surface area (Å²) in [5, 5.41) is 0. The lowest BCUT2D eigenvalue weighted by molar-refractivity contribution is 0.662. The van der Waals surface area contributed by atoms with E-state index < -0.39 is 0 Å². The normalized spacial score (nSPS) is 13.8. The highest BCUT2D eigenvalue weighted by Gasteiger charge is 1.99. The minimum Gasteiger partial charge on any atom is -0.263 e. The van der Waals surface area contributed by atoms with E-state index in [-0.39, 0.29) is 0 Å². The van der Waals surface area contributed by atoms with Gasteiger partial charge in [-0.1, -0.05) is 52.0 Å². The van der Waals surface area contributed by atoms with Crippen LogP contribution in [0, 0.1) is 0 Å². The zero-order chi connectivity index (χ0) is 13.1. The Kier molecular flexibility index (Phi) is 10.2. The van der Waals surface area contributed by atoms with E-state index in [2.05, 4.69) is 34.6 Å². The number of rotatable bonds is 9. The molecule has 0 atom stereocenters. The zero-order valence-corrected chi connectivity index (χ0v) is 12.6. The van der Waals surface area contributed by atoms with Crippen LogP contribution in [0.1, 0.15) is 86.0 Å². The fraction of sp³-hybridized carbons (Fsp3) is 0.812. The van der Waals surface area contributed by atoms with E-state index in [9.17, 15) is 0 Å². The summed E-state index contributed by atoms with van der Waals surface area (Å²) in [6, 6.07) is 0. The van der Waals surface area contributed by atoms with Gasteiger partial charge in [0, 0.05) is 11.4 Å². The van der Waals surface area contributed by atoms with Crippen molar-refractivity contribution >= 4 is 5.71 Å². The molecule has 0 aromatic carbocycles. The Morgan fingerprint density at radius 1 is 0.824 bits per heavy atom. The Morgan fingerprint density at radius 2 is 1.53 bits per heavy atom. The van der Waals surface area contributed by atoms with Crippen LogP contribution in [0.4, 0.5) is 0 Å². The third kappa shape index (κ3) is 8.18. The van der Waals surface area contributed by atoms with E-state index in [1.165, 1.54) is 55.5 Å². The zero-order valence-electron chi connectivity index (χ0n) is 12.6. The van der Waals surface area contributed by atoms with Crippen LogP contribution in [0.25, 0.3) is 0 Å². The molecule has 0 aliphatic rings. The highest BCUT2D eigenvalue weighted by Crippen LogP contribution is 2.15. The third-order valence-electron chi connectivity index (χ3n) is 3.30. The molecule has 100 valence electrons. The molecule has 0 bridgehead atoms. The molecule has 1 nitrogen and oxygen atoms in total. The highest BCUT2D eigenvalue weighted by atomic mass is 14.7. The molecule has 0 aromatic heterocycles. The predicted octanol–water partition coefficient (Wildman–Crippen LogP) is 5.90. The lowest BCUT2D eigenvalue weighted by atomic mass is 10.1. The number of nitrogens with zero attached hydrogens (tertiary/aromatic N) is 1. The smallest absolute Gasteiger partial charge is 0.0361 e. The molecule has 17 heavy (non-hydrogen) atoms. The Labute approximate surface area is 108 Å². The molecule has 0 saturated heterocycles. The monoisotopic (exact) mass is 237 g/mol. The van der Waals surface area contributed by atoms with Gasteiger partial charge in [0.2, 0.25) is 0 Å². The molecule has 0 spiro atoms. The summed E-state index contributed by atoms with van der Waals surface area (Å²) >= 11 is 0. The van der Waals surface area contributed by atoms with Crippen molar-refractivity contribution in [1.29, 1.82) is 0 Å². The van der Waals surface area contributed by atoms with Gasteiger partial charge in [-0.3, -0.25) is 4.99 Å². The van der Waals surface area contributed by atoms with Gasteiger partial charge in [-0.15, -0.1) is 0 Å². The van der Waals surface area contributed by atoms with Crippen molar-refractivity contribution in [3.63, 3.8) is 0 Å². The summed E-state index contributed by atoms with van der Waals surface area (Å²) in [6.45, 7) is 11.1. The van der Waals surface area contributed by atoms with Crippen LogP contribution < -0.4 is 0 Å². The van der Waals surface area contributed by atoms with Gasteiger partial charge >= 0.3 is 0 Å². The average Bonchev–Trinajstić information content (AvgIpc) is 2.33. The molecule has 0 aromatic rings. The summed E-state index contributed by atoms with van der Waals surface area (Å²) in [6.07, 6.45) is 10.0. The van der Waals surface area contributed by atoms with Gasteiger partial charge in [0.15, 0.2) is 0 Å². The lowest BCUT2D eigenvalue weighted by Gasteiger charge is -2.06. The van der Waals surface area contributed by atoms with E-state index in [0.717, 1.165) is 12.8 Å². The number of hydrogen-bond donors (Lipinski definition) is 0. The first-order chi connectivity index (χ1) is 8.15. The standard InChI is InChI=1S/C16H31N/c1-6-9-10-11-13-14(4)15(5)17-16(8-3)12-7-2/h6-13H2,1-5H3/b15-14+,17-16+. The minimum absolute atomic E-state index is 1.09. The first-order valence-corrected chi connectivity index (χ1v) is 7.38. The maximum atomic E-state index is 4.78. The SMILES string of the molecule is CCCCCC/C(C)=C(C)/N=C(\CC)CCC. The number of aliphatic imine (C=N–C) groups is 1. The molecule has 1 heteroatoms. The van der Waals surface area contributed by atoms with Crippen molar-refractivity contribution < 1.29 is 0 Å². The quantitative estimate of drug-likeness (QED) is 0.349. The molecule has 0 aliphatic heterocycles. The maximum absolute atomic E-state index is 4.78. The molecule has 0 fully saturated rings. The molecule has 0 rings (SSSR count).